The number of pyridine rings is 1. The maximum atomic E-state index is 12.7. The number of hydrogen-bond acceptors (Lipinski definition) is 3. The Labute approximate surface area is 158 Å². The van der Waals surface area contributed by atoms with E-state index in [0.29, 0.717) is 28.2 Å². The lowest BCUT2D eigenvalue weighted by molar-refractivity contribution is 0.0925. The minimum Gasteiger partial charge on any atom is -0.349 e. The zero-order chi connectivity index (χ0) is 15.1. The molecule has 2 N–H and O–H groups in total. The number of rotatable bonds is 2. The number of halogens is 3. The average molecular weight is 389 g/mol. The molecule has 0 saturated carbocycles. The van der Waals surface area contributed by atoms with Crippen molar-refractivity contribution in [2.24, 2.45) is 0 Å². The quantitative estimate of drug-likeness (QED) is 0.824. The molecule has 1 aromatic carbocycles. The van der Waals surface area contributed by atoms with Crippen LogP contribution in [0.15, 0.2) is 30.5 Å². The smallest absolute Gasteiger partial charge is 0.253 e. The largest absolute Gasteiger partial charge is 0.349 e. The summed E-state index contributed by atoms with van der Waals surface area (Å²) in [5, 5.41) is 8.22. The number of piperidine rings is 1. The van der Waals surface area contributed by atoms with E-state index in [9.17, 15) is 4.79 Å². The van der Waals surface area contributed by atoms with Crippen molar-refractivity contribution in [2.75, 3.05) is 0 Å². The van der Waals surface area contributed by atoms with Gasteiger partial charge in [-0.2, -0.15) is 0 Å². The molecule has 4 rings (SSSR count). The molecule has 2 unspecified atom stereocenters. The summed E-state index contributed by atoms with van der Waals surface area (Å²) in [5.41, 5.74) is 1.27. The molecular weight excluding hydrogens is 369 g/mol. The number of carbonyl (C=O) groups excluding carboxylic acids is 1. The van der Waals surface area contributed by atoms with E-state index in [1.807, 2.05) is 18.2 Å². The second kappa shape index (κ2) is 7.87. The van der Waals surface area contributed by atoms with Gasteiger partial charge in [-0.05, 0) is 43.9 Å². The van der Waals surface area contributed by atoms with E-state index in [1.165, 1.54) is 12.8 Å². The lowest BCUT2D eigenvalue weighted by Gasteiger charge is -2.29. The maximum Gasteiger partial charge on any atom is 0.253 e. The Bertz CT molecular complexity index is 728. The van der Waals surface area contributed by atoms with Gasteiger partial charge in [0.05, 0.1) is 11.1 Å². The molecule has 7 heteroatoms. The van der Waals surface area contributed by atoms with Crippen LogP contribution in [0.5, 0.6) is 0 Å². The van der Waals surface area contributed by atoms with E-state index in [-0.39, 0.29) is 36.8 Å². The van der Waals surface area contributed by atoms with Crippen LogP contribution in [0.3, 0.4) is 0 Å². The fraction of sp³-hybridized carbons (Fsp3) is 0.412. The highest BCUT2D eigenvalue weighted by molar-refractivity contribution is 6.32. The van der Waals surface area contributed by atoms with E-state index >= 15 is 0 Å². The molecule has 130 valence electrons. The molecule has 2 bridgehead atoms. The number of fused-ring (bicyclic) bond motifs is 3. The first-order valence-corrected chi connectivity index (χ1v) is 8.18. The van der Waals surface area contributed by atoms with Crippen molar-refractivity contribution in [3.63, 3.8) is 0 Å². The van der Waals surface area contributed by atoms with Crippen molar-refractivity contribution in [1.82, 2.24) is 15.6 Å². The molecule has 2 fully saturated rings. The minimum atomic E-state index is -0.0718. The highest BCUT2D eigenvalue weighted by Gasteiger charge is 2.34. The van der Waals surface area contributed by atoms with E-state index in [0.717, 1.165) is 18.2 Å². The molecule has 3 heterocycles. The second-order valence-electron chi connectivity index (χ2n) is 6.31. The summed E-state index contributed by atoms with van der Waals surface area (Å²) in [6, 6.07) is 8.68. The van der Waals surface area contributed by atoms with Gasteiger partial charge in [0.2, 0.25) is 0 Å². The van der Waals surface area contributed by atoms with Crippen LogP contribution in [0, 0.1) is 0 Å². The Morgan fingerprint density at radius 3 is 2.62 bits per heavy atom. The van der Waals surface area contributed by atoms with Crippen molar-refractivity contribution in [3.05, 3.63) is 41.0 Å². The van der Waals surface area contributed by atoms with Crippen LogP contribution < -0.4 is 10.6 Å². The molecule has 2 aliphatic heterocycles. The van der Waals surface area contributed by atoms with Crippen molar-refractivity contribution < 1.29 is 4.79 Å². The molecule has 0 radical (unpaired) electrons. The standard InChI is InChI=1S/C17H18ClN3O.2ClH/c18-11-6-10-2-1-5-19-16(10)15(7-11)17(22)21-14-8-12-3-4-13(9-14)20-12;;/h1-2,5-7,12-14,20H,3-4,8-9H2,(H,21,22);2*1H. The van der Waals surface area contributed by atoms with Crippen LogP contribution in [0.1, 0.15) is 36.0 Å². The first-order chi connectivity index (χ1) is 10.7. The number of hydrogen-bond donors (Lipinski definition) is 2. The van der Waals surface area contributed by atoms with Gasteiger partial charge in [-0.15, -0.1) is 24.8 Å². The highest BCUT2D eigenvalue weighted by atomic mass is 35.5. The Kier molecular flexibility index (Phi) is 6.32. The topological polar surface area (TPSA) is 54.0 Å². The van der Waals surface area contributed by atoms with Crippen molar-refractivity contribution in [3.8, 4) is 0 Å². The third-order valence-corrected chi connectivity index (χ3v) is 4.94. The van der Waals surface area contributed by atoms with Gasteiger partial charge in [-0.3, -0.25) is 9.78 Å². The first-order valence-electron chi connectivity index (χ1n) is 7.80. The van der Waals surface area contributed by atoms with Crippen LogP contribution in [-0.4, -0.2) is 29.0 Å². The Balaban J connectivity index is 0.00000104. The molecule has 2 aromatic rings. The molecule has 0 aliphatic carbocycles. The van der Waals surface area contributed by atoms with Crippen molar-refractivity contribution >= 4 is 53.2 Å². The van der Waals surface area contributed by atoms with Crippen molar-refractivity contribution in [1.29, 1.82) is 0 Å². The van der Waals surface area contributed by atoms with E-state index in [4.69, 9.17) is 11.6 Å². The number of nitrogens with one attached hydrogen (secondary N) is 2. The molecule has 2 aliphatic rings. The predicted molar refractivity (Wildman–Crippen MR) is 102 cm³/mol. The van der Waals surface area contributed by atoms with Gasteiger partial charge in [-0.1, -0.05) is 17.7 Å². The Hall–Kier alpha value is -1.07. The fourth-order valence-corrected chi connectivity index (χ4v) is 3.99. The zero-order valence-electron chi connectivity index (χ0n) is 13.0. The van der Waals surface area contributed by atoms with E-state index < -0.39 is 0 Å². The molecule has 24 heavy (non-hydrogen) atoms. The summed E-state index contributed by atoms with van der Waals surface area (Å²) in [6.45, 7) is 0. The summed E-state index contributed by atoms with van der Waals surface area (Å²) >= 11 is 6.15. The fourth-order valence-electron chi connectivity index (χ4n) is 3.77. The van der Waals surface area contributed by atoms with Crippen LogP contribution in [0.2, 0.25) is 5.02 Å². The number of nitrogens with zero attached hydrogens (tertiary/aromatic N) is 1. The van der Waals surface area contributed by atoms with Gasteiger partial charge in [0.15, 0.2) is 0 Å². The normalized spacial score (nSPS) is 24.8. The van der Waals surface area contributed by atoms with E-state index in [1.54, 1.807) is 12.3 Å². The summed E-state index contributed by atoms with van der Waals surface area (Å²) in [7, 11) is 0. The summed E-state index contributed by atoms with van der Waals surface area (Å²) in [6.07, 6.45) is 6.16. The molecule has 2 atom stereocenters. The van der Waals surface area contributed by atoms with Crippen LogP contribution >= 0.6 is 36.4 Å². The molecule has 4 nitrogen and oxygen atoms in total. The van der Waals surface area contributed by atoms with Gasteiger partial charge in [0.1, 0.15) is 0 Å². The highest BCUT2D eigenvalue weighted by Crippen LogP contribution is 2.28. The monoisotopic (exact) mass is 387 g/mol. The second-order valence-corrected chi connectivity index (χ2v) is 6.74. The van der Waals surface area contributed by atoms with E-state index in [2.05, 4.69) is 15.6 Å². The van der Waals surface area contributed by atoms with Gasteiger partial charge in [0.25, 0.3) is 5.91 Å². The first kappa shape index (κ1) is 19.3. The number of amides is 1. The number of benzene rings is 1. The van der Waals surface area contributed by atoms with Gasteiger partial charge < -0.3 is 10.6 Å². The summed E-state index contributed by atoms with van der Waals surface area (Å²) in [5.74, 6) is -0.0718. The maximum absolute atomic E-state index is 12.7. The number of carbonyl (C=O) groups is 1. The third-order valence-electron chi connectivity index (χ3n) is 4.72. The molecular formula is C17H20Cl3N3O. The predicted octanol–water partition coefficient (Wildman–Crippen LogP) is 3.74. The average Bonchev–Trinajstić information content (AvgIpc) is 2.85. The Morgan fingerprint density at radius 1 is 1.21 bits per heavy atom. The lowest BCUT2D eigenvalue weighted by atomic mass is 9.99. The number of aromatic nitrogens is 1. The molecule has 2 saturated heterocycles. The molecule has 1 aromatic heterocycles. The van der Waals surface area contributed by atoms with Crippen LogP contribution in [-0.2, 0) is 0 Å². The van der Waals surface area contributed by atoms with Gasteiger partial charge in [0, 0.05) is 34.7 Å². The lowest BCUT2D eigenvalue weighted by Crippen LogP contribution is -2.48. The molecule has 1 amide bonds. The SMILES string of the molecule is Cl.Cl.O=C(NC1CC2CCC(C1)N2)c1cc(Cl)cc2cccnc12. The van der Waals surface area contributed by atoms with Crippen molar-refractivity contribution in [2.45, 2.75) is 43.8 Å². The summed E-state index contributed by atoms with van der Waals surface area (Å²) in [4.78, 5) is 17.0. The van der Waals surface area contributed by atoms with Gasteiger partial charge in [-0.25, -0.2) is 0 Å². The third kappa shape index (κ3) is 3.77. The minimum absolute atomic E-state index is 0. The van der Waals surface area contributed by atoms with Crippen LogP contribution in [0.25, 0.3) is 10.9 Å². The summed E-state index contributed by atoms with van der Waals surface area (Å²) < 4.78 is 0. The van der Waals surface area contributed by atoms with Crippen LogP contribution in [0.4, 0.5) is 0 Å². The molecule has 0 spiro atoms. The Morgan fingerprint density at radius 2 is 1.92 bits per heavy atom. The zero-order valence-corrected chi connectivity index (χ0v) is 15.4. The van der Waals surface area contributed by atoms with Gasteiger partial charge >= 0.3 is 0 Å².